The lowest BCUT2D eigenvalue weighted by Gasteiger charge is -2.66. The van der Waals surface area contributed by atoms with Crippen molar-refractivity contribution in [2.45, 2.75) is 122 Å². The summed E-state index contributed by atoms with van der Waals surface area (Å²) < 4.78 is 0. The quantitative estimate of drug-likeness (QED) is 0.384. The highest BCUT2D eigenvalue weighted by Crippen LogP contribution is 2.69. The summed E-state index contributed by atoms with van der Waals surface area (Å²) in [6.07, 6.45) is 14.2. The first-order chi connectivity index (χ1) is 15.2. The molecule has 4 rings (SSSR count). The first-order valence-electron chi connectivity index (χ1n) is 13.9. The van der Waals surface area contributed by atoms with E-state index in [4.69, 9.17) is 5.73 Å². The molecule has 4 aliphatic carbocycles. The van der Waals surface area contributed by atoms with Crippen LogP contribution in [0.15, 0.2) is 0 Å². The van der Waals surface area contributed by atoms with Crippen LogP contribution in [0.25, 0.3) is 0 Å². The molecule has 0 amide bonds. The van der Waals surface area contributed by atoms with Crippen LogP contribution < -0.4 is 5.73 Å². The van der Waals surface area contributed by atoms with Gasteiger partial charge in [0.1, 0.15) is 0 Å². The van der Waals surface area contributed by atoms with E-state index in [9.17, 15) is 10.2 Å². The number of hydrogen-bond acceptors (Lipinski definition) is 4. The van der Waals surface area contributed by atoms with Crippen molar-refractivity contribution >= 4 is 11.8 Å². The van der Waals surface area contributed by atoms with E-state index >= 15 is 0 Å². The Bertz CT molecular complexity index is 643. The Morgan fingerprint density at radius 1 is 1.03 bits per heavy atom. The largest absolute Gasteiger partial charge is 0.393 e. The summed E-state index contributed by atoms with van der Waals surface area (Å²) in [4.78, 5) is 0. The zero-order chi connectivity index (χ0) is 23.1. The molecule has 0 heterocycles. The molecule has 186 valence electrons. The van der Waals surface area contributed by atoms with Crippen molar-refractivity contribution < 1.29 is 10.2 Å². The highest BCUT2D eigenvalue weighted by atomic mass is 32.2. The van der Waals surface area contributed by atoms with Crippen LogP contribution in [0.5, 0.6) is 0 Å². The van der Waals surface area contributed by atoms with Gasteiger partial charge in [0, 0.05) is 29.4 Å². The third-order valence-corrected chi connectivity index (χ3v) is 12.5. The summed E-state index contributed by atoms with van der Waals surface area (Å²) in [5, 5.41) is 22.9. The fourth-order valence-electron chi connectivity index (χ4n) is 9.17. The molecule has 0 aromatic carbocycles. The Hall–Kier alpha value is 0.230. The molecular formula is C28H51NO2S. The second-order valence-electron chi connectivity index (χ2n) is 13.0. The molecule has 3 nitrogen and oxygen atoms in total. The predicted octanol–water partition coefficient (Wildman–Crippen LogP) is 6.01. The van der Waals surface area contributed by atoms with Crippen LogP contribution in [-0.2, 0) is 0 Å². The lowest BCUT2D eigenvalue weighted by Crippen LogP contribution is -2.67. The maximum absolute atomic E-state index is 12.2. The molecule has 0 bridgehead atoms. The van der Waals surface area contributed by atoms with E-state index < -0.39 is 5.60 Å². The summed E-state index contributed by atoms with van der Waals surface area (Å²) >= 11 is 1.91. The van der Waals surface area contributed by atoms with Crippen molar-refractivity contribution in [1.82, 2.24) is 0 Å². The van der Waals surface area contributed by atoms with Gasteiger partial charge in [0.25, 0.3) is 0 Å². The summed E-state index contributed by atoms with van der Waals surface area (Å²) in [6, 6.07) is 0. The van der Waals surface area contributed by atoms with Crippen LogP contribution in [0.4, 0.5) is 0 Å². The Morgan fingerprint density at radius 3 is 2.53 bits per heavy atom. The van der Waals surface area contributed by atoms with Crippen molar-refractivity contribution in [2.75, 3.05) is 12.3 Å². The average Bonchev–Trinajstić information content (AvgIpc) is 3.07. The van der Waals surface area contributed by atoms with Gasteiger partial charge in [-0.05, 0) is 86.4 Å². The van der Waals surface area contributed by atoms with E-state index in [1.54, 1.807) is 0 Å². The van der Waals surface area contributed by atoms with Crippen molar-refractivity contribution in [3.63, 3.8) is 0 Å². The average molecular weight is 466 g/mol. The van der Waals surface area contributed by atoms with Crippen LogP contribution >= 0.6 is 11.8 Å². The number of thioether (sulfide) groups is 1. The van der Waals surface area contributed by atoms with Gasteiger partial charge in [-0.1, -0.05) is 47.0 Å². The van der Waals surface area contributed by atoms with E-state index in [2.05, 4.69) is 27.7 Å². The van der Waals surface area contributed by atoms with Crippen LogP contribution in [0.3, 0.4) is 0 Å². The van der Waals surface area contributed by atoms with Gasteiger partial charge in [-0.3, -0.25) is 0 Å². The monoisotopic (exact) mass is 465 g/mol. The van der Waals surface area contributed by atoms with E-state index in [-0.39, 0.29) is 16.8 Å². The SMILES string of the molecule is CC(C)CCCCC1CCC2C3CC(SCCN)C4(O)CC(O)CCC4(C)C3CCC12C. The minimum absolute atomic E-state index is 0.0574. The molecule has 4 heteroatoms. The van der Waals surface area contributed by atoms with Crippen LogP contribution in [-0.4, -0.2) is 39.5 Å². The first-order valence-corrected chi connectivity index (χ1v) is 14.9. The number of nitrogens with two attached hydrogens (primary N) is 1. The molecule has 32 heavy (non-hydrogen) atoms. The maximum Gasteiger partial charge on any atom is 0.0846 e. The highest BCUT2D eigenvalue weighted by molar-refractivity contribution is 8.00. The third kappa shape index (κ3) is 4.22. The molecule has 0 radical (unpaired) electrons. The first kappa shape index (κ1) is 25.3. The second-order valence-corrected chi connectivity index (χ2v) is 14.3. The molecule has 9 unspecified atom stereocenters. The Kier molecular flexibility index (Phi) is 7.68. The third-order valence-electron chi connectivity index (χ3n) is 11.0. The lowest BCUT2D eigenvalue weighted by molar-refractivity contribution is -0.215. The van der Waals surface area contributed by atoms with Gasteiger partial charge in [-0.2, -0.15) is 11.8 Å². The molecule has 0 aromatic heterocycles. The smallest absolute Gasteiger partial charge is 0.0846 e. The molecule has 4 N–H and O–H groups in total. The van der Waals surface area contributed by atoms with Gasteiger partial charge >= 0.3 is 0 Å². The Balaban J connectivity index is 1.54. The molecule has 0 aromatic rings. The summed E-state index contributed by atoms with van der Waals surface area (Å²) in [6.45, 7) is 10.4. The van der Waals surface area contributed by atoms with Crippen LogP contribution in [0.1, 0.15) is 105 Å². The zero-order valence-corrected chi connectivity index (χ0v) is 22.1. The number of unbranched alkanes of at least 4 members (excludes halogenated alkanes) is 1. The fraction of sp³-hybridized carbons (Fsp3) is 1.00. The number of fused-ring (bicyclic) bond motifs is 5. The molecule has 4 saturated carbocycles. The van der Waals surface area contributed by atoms with Crippen molar-refractivity contribution in [3.8, 4) is 0 Å². The summed E-state index contributed by atoms with van der Waals surface area (Å²) in [7, 11) is 0. The lowest BCUT2D eigenvalue weighted by atomic mass is 9.43. The zero-order valence-electron chi connectivity index (χ0n) is 21.3. The molecular weight excluding hydrogens is 414 g/mol. The highest BCUT2D eigenvalue weighted by Gasteiger charge is 2.67. The Morgan fingerprint density at radius 2 is 1.81 bits per heavy atom. The second kappa shape index (κ2) is 9.70. The van der Waals surface area contributed by atoms with Gasteiger partial charge in [-0.25, -0.2) is 0 Å². The fourth-order valence-corrected chi connectivity index (χ4v) is 10.6. The van der Waals surface area contributed by atoms with Crippen LogP contribution in [0, 0.1) is 40.4 Å². The number of hydrogen-bond donors (Lipinski definition) is 3. The molecule has 0 saturated heterocycles. The van der Waals surface area contributed by atoms with E-state index in [0.29, 0.717) is 24.3 Å². The maximum atomic E-state index is 12.2. The molecule has 0 aliphatic heterocycles. The minimum atomic E-state index is -0.742. The van der Waals surface area contributed by atoms with Gasteiger partial charge < -0.3 is 15.9 Å². The van der Waals surface area contributed by atoms with Gasteiger partial charge in [-0.15, -0.1) is 0 Å². The van der Waals surface area contributed by atoms with E-state index in [0.717, 1.165) is 48.7 Å². The summed E-state index contributed by atoms with van der Waals surface area (Å²) in [5.41, 5.74) is 5.60. The van der Waals surface area contributed by atoms with Gasteiger partial charge in [0.05, 0.1) is 11.7 Å². The number of rotatable bonds is 8. The van der Waals surface area contributed by atoms with E-state index in [1.807, 2.05) is 11.8 Å². The topological polar surface area (TPSA) is 66.5 Å². The van der Waals surface area contributed by atoms with Crippen molar-refractivity contribution in [3.05, 3.63) is 0 Å². The van der Waals surface area contributed by atoms with E-state index in [1.165, 1.54) is 51.4 Å². The van der Waals surface area contributed by atoms with Gasteiger partial charge in [0.2, 0.25) is 0 Å². The Labute approximate surface area is 202 Å². The summed E-state index contributed by atoms with van der Waals surface area (Å²) in [5.74, 6) is 4.83. The predicted molar refractivity (Wildman–Crippen MR) is 137 cm³/mol. The molecule has 9 atom stereocenters. The number of aliphatic hydroxyl groups is 2. The normalized spacial score (nSPS) is 48.4. The van der Waals surface area contributed by atoms with Crippen molar-refractivity contribution in [2.24, 2.45) is 46.2 Å². The number of aliphatic hydroxyl groups excluding tert-OH is 1. The van der Waals surface area contributed by atoms with Crippen LogP contribution in [0.2, 0.25) is 0 Å². The molecule has 4 fully saturated rings. The molecule has 0 spiro atoms. The standard InChI is InChI=1S/C28H51NO2S/c1-19(2)7-5-6-8-20-9-10-23-22-17-25(32-16-15-29)28(31)18-21(30)11-14-27(28,4)24(22)12-13-26(20,23)3/h19-25,30-31H,5-18,29H2,1-4H3. The molecule has 4 aliphatic rings. The van der Waals surface area contributed by atoms with Crippen molar-refractivity contribution in [1.29, 1.82) is 0 Å². The van der Waals surface area contributed by atoms with Gasteiger partial charge in [0.15, 0.2) is 0 Å². The minimum Gasteiger partial charge on any atom is -0.393 e.